The van der Waals surface area contributed by atoms with Crippen molar-refractivity contribution in [1.82, 2.24) is 0 Å². The van der Waals surface area contributed by atoms with Gasteiger partial charge >= 0.3 is 0 Å². The molecular formula is C13H9F2N3O2S. The van der Waals surface area contributed by atoms with Gasteiger partial charge in [0, 0.05) is 11.8 Å². The third-order valence-electron chi connectivity index (χ3n) is 2.59. The second-order valence-corrected chi connectivity index (χ2v) is 5.75. The fraction of sp³-hybridized carbons (Fsp3) is 0. The third kappa shape index (κ3) is 3.09. The number of hydrogen-bond donors (Lipinski definition) is 2. The van der Waals surface area contributed by atoms with E-state index in [2.05, 4.69) is 0 Å². The number of nitrogens with zero attached hydrogens (tertiary/aromatic N) is 1. The highest BCUT2D eigenvalue weighted by Crippen LogP contribution is 2.23. The Kier molecular flexibility index (Phi) is 3.78. The molecular weight excluding hydrogens is 300 g/mol. The van der Waals surface area contributed by atoms with Crippen LogP contribution in [-0.4, -0.2) is 8.42 Å². The molecule has 0 saturated carbocycles. The van der Waals surface area contributed by atoms with E-state index in [4.69, 9.17) is 11.0 Å². The van der Waals surface area contributed by atoms with Crippen LogP contribution in [0.3, 0.4) is 0 Å². The van der Waals surface area contributed by atoms with Crippen molar-refractivity contribution in [1.29, 1.82) is 5.26 Å². The van der Waals surface area contributed by atoms with E-state index in [1.165, 1.54) is 12.1 Å². The number of nitriles is 1. The van der Waals surface area contributed by atoms with Gasteiger partial charge in [-0.25, -0.2) is 17.2 Å². The monoisotopic (exact) mass is 309 g/mol. The van der Waals surface area contributed by atoms with Gasteiger partial charge in [-0.1, -0.05) is 0 Å². The maximum absolute atomic E-state index is 13.5. The Labute approximate surface area is 119 Å². The predicted octanol–water partition coefficient (Wildman–Crippen LogP) is 2.22. The number of nitrogen functional groups attached to an aromatic ring is 1. The quantitative estimate of drug-likeness (QED) is 0.850. The Morgan fingerprint density at radius 2 is 1.86 bits per heavy atom. The lowest BCUT2D eigenvalue weighted by Crippen LogP contribution is -2.15. The van der Waals surface area contributed by atoms with E-state index in [9.17, 15) is 17.2 Å². The zero-order chi connectivity index (χ0) is 15.6. The second-order valence-electron chi connectivity index (χ2n) is 4.10. The van der Waals surface area contributed by atoms with Crippen LogP contribution >= 0.6 is 0 Å². The highest BCUT2D eigenvalue weighted by atomic mass is 32.2. The third-order valence-corrected chi connectivity index (χ3v) is 4.01. The van der Waals surface area contributed by atoms with Crippen LogP contribution in [0.2, 0.25) is 0 Å². The first-order valence-corrected chi connectivity index (χ1v) is 7.09. The Morgan fingerprint density at radius 1 is 1.14 bits per heavy atom. The van der Waals surface area contributed by atoms with Crippen LogP contribution in [0.1, 0.15) is 5.56 Å². The number of rotatable bonds is 3. The molecule has 0 atom stereocenters. The zero-order valence-electron chi connectivity index (χ0n) is 10.5. The minimum atomic E-state index is -4.25. The molecule has 0 saturated heterocycles. The van der Waals surface area contributed by atoms with Crippen molar-refractivity contribution in [3.8, 4) is 6.07 Å². The van der Waals surface area contributed by atoms with Gasteiger partial charge in [0.15, 0.2) is 0 Å². The standard InChI is InChI=1S/C13H9F2N3O2S/c14-9-1-3-11(15)12(6-9)18-21(19,20)13-4-2-10(17)5-8(13)7-16/h1-6,18H,17H2. The van der Waals surface area contributed by atoms with Gasteiger partial charge in [-0.2, -0.15) is 5.26 Å². The number of anilines is 2. The van der Waals surface area contributed by atoms with Crippen LogP contribution in [0.25, 0.3) is 0 Å². The van der Waals surface area contributed by atoms with Gasteiger partial charge in [-0.15, -0.1) is 0 Å². The molecule has 0 fully saturated rings. The molecule has 0 aliphatic rings. The highest BCUT2D eigenvalue weighted by Gasteiger charge is 2.20. The number of benzene rings is 2. The molecule has 2 aromatic rings. The maximum Gasteiger partial charge on any atom is 0.263 e. The Morgan fingerprint density at radius 3 is 2.52 bits per heavy atom. The van der Waals surface area contributed by atoms with Gasteiger partial charge in [-0.3, -0.25) is 4.72 Å². The SMILES string of the molecule is N#Cc1cc(N)ccc1S(=O)(=O)Nc1cc(F)ccc1F. The van der Waals surface area contributed by atoms with Crippen molar-refractivity contribution in [2.24, 2.45) is 0 Å². The number of nitrogens with one attached hydrogen (secondary N) is 1. The van der Waals surface area contributed by atoms with Crippen molar-refractivity contribution in [3.05, 3.63) is 53.6 Å². The molecule has 0 aliphatic carbocycles. The van der Waals surface area contributed by atoms with E-state index in [0.717, 1.165) is 18.2 Å². The van der Waals surface area contributed by atoms with E-state index >= 15 is 0 Å². The minimum Gasteiger partial charge on any atom is -0.399 e. The largest absolute Gasteiger partial charge is 0.399 e. The molecule has 0 bridgehead atoms. The van der Waals surface area contributed by atoms with Crippen LogP contribution in [-0.2, 0) is 10.0 Å². The highest BCUT2D eigenvalue weighted by molar-refractivity contribution is 7.92. The number of sulfonamides is 1. The molecule has 0 spiro atoms. The lowest BCUT2D eigenvalue weighted by Gasteiger charge is -2.10. The molecule has 8 heteroatoms. The molecule has 0 amide bonds. The van der Waals surface area contributed by atoms with Gasteiger partial charge in [-0.05, 0) is 30.3 Å². The topological polar surface area (TPSA) is 96.0 Å². The predicted molar refractivity (Wildman–Crippen MR) is 72.7 cm³/mol. The Bertz CT molecular complexity index is 845. The average molecular weight is 309 g/mol. The summed E-state index contributed by atoms with van der Waals surface area (Å²) in [4.78, 5) is -0.372. The van der Waals surface area contributed by atoms with Crippen LogP contribution in [0.5, 0.6) is 0 Å². The average Bonchev–Trinajstić information content (AvgIpc) is 2.42. The van der Waals surface area contributed by atoms with E-state index in [0.29, 0.717) is 6.07 Å². The fourth-order valence-electron chi connectivity index (χ4n) is 1.64. The second kappa shape index (κ2) is 5.38. The molecule has 21 heavy (non-hydrogen) atoms. The summed E-state index contributed by atoms with van der Waals surface area (Å²) in [5.74, 6) is -1.74. The molecule has 5 nitrogen and oxygen atoms in total. The van der Waals surface area contributed by atoms with Crippen molar-refractivity contribution >= 4 is 21.4 Å². The van der Waals surface area contributed by atoms with E-state index < -0.39 is 27.3 Å². The molecule has 108 valence electrons. The summed E-state index contributed by atoms with van der Waals surface area (Å²) < 4.78 is 52.8. The summed E-state index contributed by atoms with van der Waals surface area (Å²) in [6, 6.07) is 7.63. The van der Waals surface area contributed by atoms with E-state index in [1.54, 1.807) is 6.07 Å². The Hall–Kier alpha value is -2.66. The van der Waals surface area contributed by atoms with Gasteiger partial charge in [0.1, 0.15) is 22.6 Å². The minimum absolute atomic E-state index is 0.195. The van der Waals surface area contributed by atoms with E-state index in [1.807, 2.05) is 4.72 Å². The van der Waals surface area contributed by atoms with Crippen LogP contribution < -0.4 is 10.5 Å². The van der Waals surface area contributed by atoms with Crippen molar-refractivity contribution < 1.29 is 17.2 Å². The van der Waals surface area contributed by atoms with Crippen LogP contribution in [0.4, 0.5) is 20.2 Å². The molecule has 0 heterocycles. The van der Waals surface area contributed by atoms with Gasteiger partial charge in [0.05, 0.1) is 11.3 Å². The summed E-state index contributed by atoms with van der Waals surface area (Å²) >= 11 is 0. The molecule has 2 aromatic carbocycles. The summed E-state index contributed by atoms with van der Waals surface area (Å²) in [7, 11) is -4.25. The molecule has 0 aliphatic heterocycles. The number of hydrogen-bond acceptors (Lipinski definition) is 4. The van der Waals surface area contributed by atoms with Gasteiger partial charge in [0.25, 0.3) is 10.0 Å². The summed E-state index contributed by atoms with van der Waals surface area (Å²) in [5.41, 5.74) is 4.94. The first-order chi connectivity index (χ1) is 9.83. The van der Waals surface area contributed by atoms with Gasteiger partial charge < -0.3 is 5.73 Å². The van der Waals surface area contributed by atoms with E-state index in [-0.39, 0.29) is 16.1 Å². The Balaban J connectivity index is 2.49. The summed E-state index contributed by atoms with van der Waals surface area (Å²) in [5, 5.41) is 8.94. The van der Waals surface area contributed by atoms with Gasteiger partial charge in [0.2, 0.25) is 0 Å². The zero-order valence-corrected chi connectivity index (χ0v) is 11.3. The lowest BCUT2D eigenvalue weighted by atomic mass is 10.2. The summed E-state index contributed by atoms with van der Waals surface area (Å²) in [6.45, 7) is 0. The normalized spacial score (nSPS) is 10.9. The maximum atomic E-state index is 13.5. The summed E-state index contributed by atoms with van der Waals surface area (Å²) in [6.07, 6.45) is 0. The van der Waals surface area contributed by atoms with Crippen LogP contribution in [0, 0.1) is 23.0 Å². The van der Waals surface area contributed by atoms with Crippen LogP contribution in [0.15, 0.2) is 41.3 Å². The van der Waals surface area contributed by atoms with Crippen molar-refractivity contribution in [3.63, 3.8) is 0 Å². The first kappa shape index (κ1) is 14.7. The van der Waals surface area contributed by atoms with Crippen molar-refractivity contribution in [2.45, 2.75) is 4.90 Å². The fourth-order valence-corrected chi connectivity index (χ4v) is 2.84. The molecule has 0 unspecified atom stereocenters. The number of nitrogens with two attached hydrogens (primary N) is 1. The number of halogens is 2. The first-order valence-electron chi connectivity index (χ1n) is 5.61. The molecule has 2 rings (SSSR count). The molecule has 3 N–H and O–H groups in total. The molecule has 0 aromatic heterocycles. The lowest BCUT2D eigenvalue weighted by molar-refractivity contribution is 0.594. The van der Waals surface area contributed by atoms with Crippen molar-refractivity contribution in [2.75, 3.05) is 10.5 Å². The smallest absolute Gasteiger partial charge is 0.263 e. The molecule has 0 radical (unpaired) electrons.